The van der Waals surface area contributed by atoms with Crippen molar-refractivity contribution in [3.8, 4) is 5.75 Å². The van der Waals surface area contributed by atoms with Gasteiger partial charge in [0.2, 0.25) is 0 Å². The number of para-hydroxylation sites is 1. The van der Waals surface area contributed by atoms with E-state index >= 15 is 0 Å². The lowest BCUT2D eigenvalue weighted by Gasteiger charge is -2.10. The molecule has 0 aliphatic heterocycles. The first-order valence-corrected chi connectivity index (χ1v) is 9.07. The van der Waals surface area contributed by atoms with Crippen LogP contribution in [0, 0.1) is 13.8 Å². The van der Waals surface area contributed by atoms with Crippen molar-refractivity contribution in [2.24, 2.45) is 0 Å². The summed E-state index contributed by atoms with van der Waals surface area (Å²) in [6, 6.07) is 15.7. The van der Waals surface area contributed by atoms with Crippen molar-refractivity contribution in [1.82, 2.24) is 14.9 Å². The number of aromatic nitrogens is 2. The normalized spacial score (nSPS) is 10.6. The topological polar surface area (TPSA) is 56.1 Å². The van der Waals surface area contributed by atoms with Gasteiger partial charge < -0.3 is 14.6 Å². The highest BCUT2D eigenvalue weighted by Crippen LogP contribution is 2.18. The van der Waals surface area contributed by atoms with Gasteiger partial charge in [-0.15, -0.1) is 0 Å². The third-order valence-electron chi connectivity index (χ3n) is 4.74. The van der Waals surface area contributed by atoms with Gasteiger partial charge in [0.15, 0.2) is 0 Å². The number of benzene rings is 1. The summed E-state index contributed by atoms with van der Waals surface area (Å²) in [5.74, 6) is 0.797. The van der Waals surface area contributed by atoms with Gasteiger partial charge in [-0.05, 0) is 50.1 Å². The Bertz CT molecular complexity index is 917. The van der Waals surface area contributed by atoms with Gasteiger partial charge in [-0.2, -0.15) is 0 Å². The lowest BCUT2D eigenvalue weighted by Crippen LogP contribution is -2.26. The van der Waals surface area contributed by atoms with Crippen molar-refractivity contribution < 1.29 is 9.53 Å². The smallest absolute Gasteiger partial charge is 0.253 e. The minimum absolute atomic E-state index is 0.0507. The standard InChI is InChI=1S/C22H25N3O2/c1-16-14-20(17(2)25(16)15-19-9-6-7-12-23-19)22(26)24-13-11-18-8-4-5-10-21(18)27-3/h4-10,12,14H,11,13,15H2,1-3H3,(H,24,26). The quantitative estimate of drug-likeness (QED) is 0.699. The molecule has 0 bridgehead atoms. The molecule has 0 radical (unpaired) electrons. The summed E-state index contributed by atoms with van der Waals surface area (Å²) in [6.07, 6.45) is 2.51. The van der Waals surface area contributed by atoms with Crippen molar-refractivity contribution in [3.05, 3.63) is 82.9 Å². The Morgan fingerprint density at radius 3 is 2.67 bits per heavy atom. The van der Waals surface area contributed by atoms with Crippen LogP contribution in [0.1, 0.15) is 33.0 Å². The Morgan fingerprint density at radius 1 is 1.15 bits per heavy atom. The number of methoxy groups -OCH3 is 1. The molecule has 5 heteroatoms. The molecule has 3 rings (SSSR count). The van der Waals surface area contributed by atoms with Gasteiger partial charge in [-0.25, -0.2) is 0 Å². The summed E-state index contributed by atoms with van der Waals surface area (Å²) in [5.41, 5.74) is 4.77. The molecule has 2 heterocycles. The third-order valence-corrected chi connectivity index (χ3v) is 4.74. The van der Waals surface area contributed by atoms with Gasteiger partial charge in [-0.1, -0.05) is 24.3 Å². The predicted molar refractivity (Wildman–Crippen MR) is 106 cm³/mol. The van der Waals surface area contributed by atoms with Gasteiger partial charge in [-0.3, -0.25) is 9.78 Å². The lowest BCUT2D eigenvalue weighted by molar-refractivity contribution is 0.0953. The second kappa shape index (κ2) is 8.54. The Labute approximate surface area is 160 Å². The molecule has 0 aliphatic carbocycles. The number of rotatable bonds is 7. The van der Waals surface area contributed by atoms with Crippen molar-refractivity contribution in [2.75, 3.05) is 13.7 Å². The first-order valence-electron chi connectivity index (χ1n) is 9.07. The summed E-state index contributed by atoms with van der Waals surface area (Å²) in [5, 5.41) is 3.02. The largest absolute Gasteiger partial charge is 0.496 e. The summed E-state index contributed by atoms with van der Waals surface area (Å²) in [4.78, 5) is 17.0. The second-order valence-corrected chi connectivity index (χ2v) is 6.51. The zero-order chi connectivity index (χ0) is 19.2. The Hall–Kier alpha value is -3.08. The van der Waals surface area contributed by atoms with E-state index in [4.69, 9.17) is 4.74 Å². The highest BCUT2D eigenvalue weighted by atomic mass is 16.5. The van der Waals surface area contributed by atoms with Crippen molar-refractivity contribution in [2.45, 2.75) is 26.8 Å². The van der Waals surface area contributed by atoms with E-state index in [-0.39, 0.29) is 5.91 Å². The molecule has 140 valence electrons. The molecule has 1 amide bonds. The van der Waals surface area contributed by atoms with E-state index in [9.17, 15) is 4.79 Å². The average Bonchev–Trinajstić information content (AvgIpc) is 2.97. The molecular formula is C22H25N3O2. The second-order valence-electron chi connectivity index (χ2n) is 6.51. The summed E-state index contributed by atoms with van der Waals surface area (Å²) >= 11 is 0. The number of aryl methyl sites for hydroxylation is 1. The first kappa shape index (κ1) is 18.7. The van der Waals surface area contributed by atoms with Crippen molar-refractivity contribution in [1.29, 1.82) is 0 Å². The van der Waals surface area contributed by atoms with Crippen LogP contribution in [0.5, 0.6) is 5.75 Å². The predicted octanol–water partition coefficient (Wildman–Crippen LogP) is 3.53. The molecule has 0 atom stereocenters. The Balaban J connectivity index is 1.66. The molecule has 0 aliphatic rings. The molecule has 27 heavy (non-hydrogen) atoms. The number of ether oxygens (including phenoxy) is 1. The maximum Gasteiger partial charge on any atom is 0.253 e. The first-order chi connectivity index (χ1) is 13.1. The van der Waals surface area contributed by atoms with Crippen LogP contribution in [0.4, 0.5) is 0 Å². The summed E-state index contributed by atoms with van der Waals surface area (Å²) in [6.45, 7) is 5.21. The highest BCUT2D eigenvalue weighted by Gasteiger charge is 2.16. The number of carbonyl (C=O) groups is 1. The SMILES string of the molecule is COc1ccccc1CCNC(=O)c1cc(C)n(Cc2ccccn2)c1C. The maximum atomic E-state index is 12.7. The minimum Gasteiger partial charge on any atom is -0.496 e. The zero-order valence-corrected chi connectivity index (χ0v) is 16.0. The number of nitrogens with one attached hydrogen (secondary N) is 1. The highest BCUT2D eigenvalue weighted by molar-refractivity contribution is 5.95. The van der Waals surface area contributed by atoms with Crippen molar-refractivity contribution in [3.63, 3.8) is 0 Å². The number of hydrogen-bond acceptors (Lipinski definition) is 3. The van der Waals surface area contributed by atoms with Crippen LogP contribution in [-0.2, 0) is 13.0 Å². The van der Waals surface area contributed by atoms with Crippen molar-refractivity contribution >= 4 is 5.91 Å². The van der Waals surface area contributed by atoms with Crippen LogP contribution < -0.4 is 10.1 Å². The summed E-state index contributed by atoms with van der Waals surface area (Å²) in [7, 11) is 1.66. The van der Waals surface area contributed by atoms with Crippen LogP contribution in [0.25, 0.3) is 0 Å². The molecule has 0 spiro atoms. The number of hydrogen-bond donors (Lipinski definition) is 1. The van der Waals surface area contributed by atoms with Crippen LogP contribution in [-0.4, -0.2) is 29.1 Å². The van der Waals surface area contributed by atoms with Gasteiger partial charge in [0.25, 0.3) is 5.91 Å². The van der Waals surface area contributed by atoms with Gasteiger partial charge >= 0.3 is 0 Å². The monoisotopic (exact) mass is 363 g/mol. The van der Waals surface area contributed by atoms with E-state index in [1.807, 2.05) is 62.4 Å². The van der Waals surface area contributed by atoms with E-state index in [0.717, 1.165) is 34.8 Å². The Kier molecular flexibility index (Phi) is 5.91. The number of carbonyl (C=O) groups excluding carboxylic acids is 1. The van der Waals surface area contributed by atoms with Gasteiger partial charge in [0.1, 0.15) is 5.75 Å². The molecule has 0 unspecified atom stereocenters. The van der Waals surface area contributed by atoms with Crippen LogP contribution in [0.3, 0.4) is 0 Å². The maximum absolute atomic E-state index is 12.7. The van der Waals surface area contributed by atoms with E-state index in [1.54, 1.807) is 13.3 Å². The number of nitrogens with zero attached hydrogens (tertiary/aromatic N) is 2. The molecule has 1 aromatic carbocycles. The van der Waals surface area contributed by atoms with E-state index in [0.29, 0.717) is 18.7 Å². The van der Waals surface area contributed by atoms with Crippen LogP contribution in [0.2, 0.25) is 0 Å². The molecule has 0 saturated carbocycles. The van der Waals surface area contributed by atoms with Gasteiger partial charge in [0.05, 0.1) is 24.9 Å². The molecule has 3 aromatic rings. The van der Waals surface area contributed by atoms with Crippen LogP contribution >= 0.6 is 0 Å². The molecule has 0 fully saturated rings. The minimum atomic E-state index is -0.0507. The molecular weight excluding hydrogens is 338 g/mol. The fourth-order valence-corrected chi connectivity index (χ4v) is 3.24. The zero-order valence-electron chi connectivity index (χ0n) is 16.0. The number of pyridine rings is 1. The van der Waals surface area contributed by atoms with E-state index in [1.165, 1.54) is 0 Å². The fourth-order valence-electron chi connectivity index (χ4n) is 3.24. The van der Waals surface area contributed by atoms with Gasteiger partial charge in [0, 0.05) is 24.1 Å². The molecule has 0 saturated heterocycles. The average molecular weight is 363 g/mol. The number of amides is 1. The molecule has 1 N–H and O–H groups in total. The summed E-state index contributed by atoms with van der Waals surface area (Å²) < 4.78 is 7.48. The Morgan fingerprint density at radius 2 is 1.93 bits per heavy atom. The molecule has 2 aromatic heterocycles. The van der Waals surface area contributed by atoms with E-state index in [2.05, 4.69) is 14.9 Å². The van der Waals surface area contributed by atoms with E-state index < -0.39 is 0 Å². The lowest BCUT2D eigenvalue weighted by atomic mass is 10.1. The fraction of sp³-hybridized carbons (Fsp3) is 0.273. The van der Waals surface area contributed by atoms with Crippen LogP contribution in [0.15, 0.2) is 54.7 Å². The third kappa shape index (κ3) is 4.37. The molecule has 5 nitrogen and oxygen atoms in total.